The van der Waals surface area contributed by atoms with Gasteiger partial charge >= 0.3 is 0 Å². The van der Waals surface area contributed by atoms with E-state index in [4.69, 9.17) is 0 Å². The van der Waals surface area contributed by atoms with Gasteiger partial charge in [-0.05, 0) is 63.2 Å². The van der Waals surface area contributed by atoms with Crippen LogP contribution in [0.4, 0.5) is 0 Å². The fourth-order valence-corrected chi connectivity index (χ4v) is 4.15. The molecule has 0 heterocycles. The smallest absolute Gasteiger partial charge is 0.139 e. The lowest BCUT2D eigenvalue weighted by Crippen LogP contribution is -2.36. The summed E-state index contributed by atoms with van der Waals surface area (Å²) in [6, 6.07) is 0. The fourth-order valence-electron chi connectivity index (χ4n) is 4.15. The molecule has 0 aromatic carbocycles. The highest BCUT2D eigenvalue weighted by atomic mass is 16.3. The molecular weight excluding hydrogens is 272 g/mol. The third-order valence-electron chi connectivity index (χ3n) is 5.88. The molecule has 0 aromatic rings. The van der Waals surface area contributed by atoms with E-state index in [1.54, 1.807) is 0 Å². The molecule has 4 atom stereocenters. The Morgan fingerprint density at radius 2 is 1.45 bits per heavy atom. The molecule has 2 fully saturated rings. The van der Waals surface area contributed by atoms with Crippen LogP contribution in [0.15, 0.2) is 0 Å². The summed E-state index contributed by atoms with van der Waals surface area (Å²) in [6.45, 7) is 8.63. The fraction of sp³-hybridized carbons (Fsp3) is 0.950. The Morgan fingerprint density at radius 3 is 2.00 bits per heavy atom. The summed E-state index contributed by atoms with van der Waals surface area (Å²) in [4.78, 5) is 12.4. The first-order valence-electron chi connectivity index (χ1n) is 9.78. The van der Waals surface area contributed by atoms with Gasteiger partial charge in [0.25, 0.3) is 0 Å². The average molecular weight is 311 g/mol. The quantitative estimate of drug-likeness (QED) is 0.740. The van der Waals surface area contributed by atoms with E-state index in [-0.39, 0.29) is 6.10 Å². The number of unbranched alkanes of at least 4 members (excludes halogenated alkanes) is 1. The van der Waals surface area contributed by atoms with Gasteiger partial charge < -0.3 is 5.11 Å². The normalized spacial score (nSPS) is 31.2. The van der Waals surface area contributed by atoms with Crippen molar-refractivity contribution < 1.29 is 9.90 Å². The van der Waals surface area contributed by atoms with Crippen molar-refractivity contribution in [3.8, 4) is 0 Å². The molecule has 0 spiro atoms. The van der Waals surface area contributed by atoms with Gasteiger partial charge in [0.2, 0.25) is 0 Å². The molecule has 2 heteroatoms. The van der Waals surface area contributed by atoms with Gasteiger partial charge in [0.05, 0.1) is 6.10 Å². The van der Waals surface area contributed by atoms with Gasteiger partial charge in [-0.25, -0.2) is 0 Å². The molecule has 0 saturated heterocycles. The Kier molecular flexibility index (Phi) is 9.31. The minimum absolute atomic E-state index is 0.0717. The highest BCUT2D eigenvalue weighted by Gasteiger charge is 2.38. The standard InChI is InChI=1S/C16H28O2.C4H10/c1-3-11(4-2)16(18)14-6-5-13-10-15(17)8-7-12(13)9-14;1-3-4-2/h11-15,17H,3-10H2,1-2H3;3-4H2,1-2H3. The van der Waals surface area contributed by atoms with E-state index in [1.165, 1.54) is 12.8 Å². The lowest BCUT2D eigenvalue weighted by molar-refractivity contribution is -0.129. The summed E-state index contributed by atoms with van der Waals surface area (Å²) in [5.74, 6) is 2.56. The van der Waals surface area contributed by atoms with Gasteiger partial charge in [0.1, 0.15) is 5.78 Å². The molecule has 0 aromatic heterocycles. The van der Waals surface area contributed by atoms with Crippen LogP contribution in [0.2, 0.25) is 0 Å². The predicted molar refractivity (Wildman–Crippen MR) is 93.8 cm³/mol. The second-order valence-electron chi connectivity index (χ2n) is 7.41. The van der Waals surface area contributed by atoms with Crippen LogP contribution < -0.4 is 0 Å². The number of hydrogen-bond acceptors (Lipinski definition) is 2. The van der Waals surface area contributed by atoms with Crippen molar-refractivity contribution in [3.63, 3.8) is 0 Å². The van der Waals surface area contributed by atoms with Crippen LogP contribution in [0.3, 0.4) is 0 Å². The highest BCUT2D eigenvalue weighted by Crippen LogP contribution is 2.43. The molecule has 0 aliphatic heterocycles. The summed E-state index contributed by atoms with van der Waals surface area (Å²) < 4.78 is 0. The SMILES string of the molecule is CCC(CC)C(=O)C1CCC2CC(O)CCC2C1.CCCC. The summed E-state index contributed by atoms with van der Waals surface area (Å²) in [7, 11) is 0. The Labute approximate surface area is 138 Å². The van der Waals surface area contributed by atoms with E-state index in [1.807, 2.05) is 0 Å². The van der Waals surface area contributed by atoms with Gasteiger partial charge in [0, 0.05) is 11.8 Å². The van der Waals surface area contributed by atoms with Crippen molar-refractivity contribution in [2.75, 3.05) is 0 Å². The minimum Gasteiger partial charge on any atom is -0.393 e. The summed E-state index contributed by atoms with van der Waals surface area (Å²) >= 11 is 0. The molecule has 22 heavy (non-hydrogen) atoms. The van der Waals surface area contributed by atoms with Crippen LogP contribution in [0, 0.1) is 23.7 Å². The molecule has 0 radical (unpaired) electrons. The monoisotopic (exact) mass is 310 g/mol. The zero-order valence-electron chi connectivity index (χ0n) is 15.3. The topological polar surface area (TPSA) is 37.3 Å². The number of rotatable bonds is 5. The molecule has 2 nitrogen and oxygen atoms in total. The number of Topliss-reactive ketones (excluding diaryl/α,β-unsaturated/α-hetero) is 1. The maximum atomic E-state index is 12.4. The third kappa shape index (κ3) is 5.68. The number of fused-ring (bicyclic) bond motifs is 1. The van der Waals surface area contributed by atoms with E-state index >= 15 is 0 Å². The number of aliphatic hydroxyl groups excluding tert-OH is 1. The van der Waals surface area contributed by atoms with Crippen LogP contribution in [-0.4, -0.2) is 17.0 Å². The van der Waals surface area contributed by atoms with Gasteiger partial charge in [-0.3, -0.25) is 4.79 Å². The first-order valence-corrected chi connectivity index (χ1v) is 9.78. The van der Waals surface area contributed by atoms with Crippen molar-refractivity contribution in [3.05, 3.63) is 0 Å². The summed E-state index contributed by atoms with van der Waals surface area (Å²) in [5.41, 5.74) is 0. The summed E-state index contributed by atoms with van der Waals surface area (Å²) in [5, 5.41) is 9.72. The Balaban J connectivity index is 0.000000541. The molecule has 130 valence electrons. The Hall–Kier alpha value is -0.370. The van der Waals surface area contributed by atoms with Crippen molar-refractivity contribution >= 4 is 5.78 Å². The van der Waals surface area contributed by atoms with Gasteiger partial charge in [-0.15, -0.1) is 0 Å². The number of aliphatic hydroxyl groups is 1. The second-order valence-corrected chi connectivity index (χ2v) is 7.41. The van der Waals surface area contributed by atoms with Crippen molar-refractivity contribution in [2.45, 2.75) is 98.0 Å². The Morgan fingerprint density at radius 1 is 0.909 bits per heavy atom. The van der Waals surface area contributed by atoms with Gasteiger partial charge in [-0.2, -0.15) is 0 Å². The van der Waals surface area contributed by atoms with Crippen molar-refractivity contribution in [1.29, 1.82) is 0 Å². The molecule has 2 aliphatic rings. The molecule has 2 aliphatic carbocycles. The number of ketones is 1. The van der Waals surface area contributed by atoms with Crippen LogP contribution in [-0.2, 0) is 4.79 Å². The molecule has 2 saturated carbocycles. The van der Waals surface area contributed by atoms with Gasteiger partial charge in [-0.1, -0.05) is 40.5 Å². The number of carbonyl (C=O) groups is 1. The first-order chi connectivity index (χ1) is 10.6. The minimum atomic E-state index is -0.0717. The maximum absolute atomic E-state index is 12.4. The van der Waals surface area contributed by atoms with Crippen molar-refractivity contribution in [2.24, 2.45) is 23.7 Å². The van der Waals surface area contributed by atoms with Crippen LogP contribution >= 0.6 is 0 Å². The third-order valence-corrected chi connectivity index (χ3v) is 5.88. The van der Waals surface area contributed by atoms with E-state index in [0.29, 0.717) is 29.5 Å². The lowest BCUT2D eigenvalue weighted by atomic mass is 9.65. The summed E-state index contributed by atoms with van der Waals surface area (Å²) in [6.07, 6.45) is 11.0. The van der Waals surface area contributed by atoms with Crippen LogP contribution in [0.1, 0.15) is 91.9 Å². The first kappa shape index (κ1) is 19.7. The predicted octanol–water partition coefficient (Wildman–Crippen LogP) is 5.38. The van der Waals surface area contributed by atoms with Crippen molar-refractivity contribution in [1.82, 2.24) is 0 Å². The highest BCUT2D eigenvalue weighted by molar-refractivity contribution is 5.83. The molecule has 4 unspecified atom stereocenters. The molecule has 2 rings (SSSR count). The maximum Gasteiger partial charge on any atom is 0.139 e. The van der Waals surface area contributed by atoms with Crippen LogP contribution in [0.25, 0.3) is 0 Å². The van der Waals surface area contributed by atoms with Gasteiger partial charge in [0.15, 0.2) is 0 Å². The molecule has 0 amide bonds. The van der Waals surface area contributed by atoms with Crippen LogP contribution in [0.5, 0.6) is 0 Å². The van der Waals surface area contributed by atoms with E-state index in [9.17, 15) is 9.90 Å². The van der Waals surface area contributed by atoms with E-state index in [2.05, 4.69) is 27.7 Å². The zero-order valence-corrected chi connectivity index (χ0v) is 15.3. The zero-order chi connectivity index (χ0) is 16.5. The Bertz CT molecular complexity index is 307. The second kappa shape index (κ2) is 10.4. The average Bonchev–Trinajstić information content (AvgIpc) is 2.55. The molecule has 0 bridgehead atoms. The molecule has 1 N–H and O–H groups in total. The number of carbonyl (C=O) groups excluding carboxylic acids is 1. The van der Waals surface area contributed by atoms with E-state index in [0.717, 1.165) is 51.4 Å². The number of hydrogen-bond donors (Lipinski definition) is 1. The van der Waals surface area contributed by atoms with E-state index < -0.39 is 0 Å². The lowest BCUT2D eigenvalue weighted by Gasteiger charge is -2.41. The largest absolute Gasteiger partial charge is 0.393 e. The molecular formula is C20H38O2.